The number of benzene rings is 2. The summed E-state index contributed by atoms with van der Waals surface area (Å²) in [5.74, 6) is 1.26. The average molecular weight is 423 g/mol. The van der Waals surface area contributed by atoms with E-state index in [1.165, 1.54) is 12.1 Å². The van der Waals surface area contributed by atoms with Crippen molar-refractivity contribution in [3.8, 4) is 11.5 Å². The largest absolute Gasteiger partial charge is 0.491 e. The van der Waals surface area contributed by atoms with E-state index in [4.69, 9.17) is 19.7 Å². The molecule has 0 bridgehead atoms. The molecule has 6 nitrogen and oxygen atoms in total. The lowest BCUT2D eigenvalue weighted by Crippen LogP contribution is -2.09. The molecule has 0 amide bonds. The molecule has 29 heavy (non-hydrogen) atoms. The highest BCUT2D eigenvalue weighted by Crippen LogP contribution is 2.34. The van der Waals surface area contributed by atoms with Crippen molar-refractivity contribution in [2.45, 2.75) is 49.3 Å². The van der Waals surface area contributed by atoms with Crippen molar-refractivity contribution in [1.82, 2.24) is 0 Å². The highest BCUT2D eigenvalue weighted by Gasteiger charge is 2.22. The van der Waals surface area contributed by atoms with E-state index < -0.39 is 9.84 Å². The summed E-state index contributed by atoms with van der Waals surface area (Å²) in [6.45, 7) is 7.92. The number of hydrogen-bond acceptors (Lipinski definition) is 6. The highest BCUT2D eigenvalue weighted by molar-refractivity contribution is 7.91. The van der Waals surface area contributed by atoms with Crippen LogP contribution in [0, 0.1) is 0 Å². The van der Waals surface area contributed by atoms with Gasteiger partial charge < -0.3 is 19.7 Å². The van der Waals surface area contributed by atoms with Crippen molar-refractivity contribution in [2.75, 3.05) is 26.4 Å². The van der Waals surface area contributed by atoms with E-state index in [1.807, 2.05) is 27.7 Å². The third-order valence-electron chi connectivity index (χ3n) is 4.52. The van der Waals surface area contributed by atoms with Gasteiger partial charge in [0.1, 0.15) is 24.7 Å². The van der Waals surface area contributed by atoms with Crippen LogP contribution in [0.25, 0.3) is 0 Å². The van der Waals surface area contributed by atoms with Gasteiger partial charge in [-0.1, -0.05) is 27.7 Å². The summed E-state index contributed by atoms with van der Waals surface area (Å²) in [5, 5.41) is 18.0. The van der Waals surface area contributed by atoms with Gasteiger partial charge in [-0.05, 0) is 59.4 Å². The second-order valence-electron chi connectivity index (χ2n) is 7.36. The van der Waals surface area contributed by atoms with E-state index in [1.54, 1.807) is 24.3 Å². The molecule has 7 heteroatoms. The fraction of sp³-hybridized carbons (Fsp3) is 0.455. The van der Waals surface area contributed by atoms with Gasteiger partial charge in [0.25, 0.3) is 0 Å². The maximum Gasteiger partial charge on any atom is 0.206 e. The summed E-state index contributed by atoms with van der Waals surface area (Å²) < 4.78 is 37.6. The van der Waals surface area contributed by atoms with E-state index >= 15 is 0 Å². The van der Waals surface area contributed by atoms with Crippen molar-refractivity contribution < 1.29 is 28.1 Å². The summed E-state index contributed by atoms with van der Waals surface area (Å²) in [4.78, 5) is 0.382. The lowest BCUT2D eigenvalue weighted by atomic mass is 10.0. The van der Waals surface area contributed by atoms with E-state index in [2.05, 4.69) is 0 Å². The zero-order chi connectivity index (χ0) is 21.6. The molecule has 0 aliphatic rings. The molecule has 2 rings (SSSR count). The van der Waals surface area contributed by atoms with Gasteiger partial charge in [-0.25, -0.2) is 8.42 Å². The smallest absolute Gasteiger partial charge is 0.206 e. The predicted octanol–water partition coefficient (Wildman–Crippen LogP) is 3.51. The van der Waals surface area contributed by atoms with Crippen molar-refractivity contribution in [3.63, 3.8) is 0 Å². The van der Waals surface area contributed by atoms with Crippen LogP contribution < -0.4 is 9.47 Å². The number of sulfone groups is 1. The molecule has 0 fully saturated rings. The summed E-state index contributed by atoms with van der Waals surface area (Å²) in [7, 11) is -3.74. The van der Waals surface area contributed by atoms with Crippen molar-refractivity contribution in [2.24, 2.45) is 0 Å². The minimum Gasteiger partial charge on any atom is -0.491 e. The first-order chi connectivity index (χ1) is 13.7. The zero-order valence-electron chi connectivity index (χ0n) is 17.4. The molecule has 0 spiro atoms. The highest BCUT2D eigenvalue weighted by atomic mass is 32.2. The monoisotopic (exact) mass is 422 g/mol. The Morgan fingerprint density at radius 3 is 1.45 bits per heavy atom. The third-order valence-corrected chi connectivity index (χ3v) is 6.27. The lowest BCUT2D eigenvalue weighted by molar-refractivity contribution is 0.200. The van der Waals surface area contributed by atoms with Crippen LogP contribution in [-0.4, -0.2) is 45.1 Å². The van der Waals surface area contributed by atoms with Crippen LogP contribution in [0.2, 0.25) is 0 Å². The summed E-state index contributed by atoms with van der Waals surface area (Å²) in [6.07, 6.45) is 0. The van der Waals surface area contributed by atoms with Crippen molar-refractivity contribution >= 4 is 9.84 Å². The summed E-state index contributed by atoms with van der Waals surface area (Å²) >= 11 is 0. The topological polar surface area (TPSA) is 93.1 Å². The first-order valence-electron chi connectivity index (χ1n) is 9.72. The van der Waals surface area contributed by atoms with Gasteiger partial charge in [-0.3, -0.25) is 0 Å². The average Bonchev–Trinajstić information content (AvgIpc) is 2.70. The Hall–Kier alpha value is -2.09. The number of ether oxygens (including phenoxy) is 2. The Labute approximate surface area is 173 Å². The second kappa shape index (κ2) is 10.1. The van der Waals surface area contributed by atoms with Gasteiger partial charge in [0.2, 0.25) is 9.84 Å². The molecule has 0 saturated carbocycles. The Morgan fingerprint density at radius 1 is 0.759 bits per heavy atom. The molecule has 0 aromatic heterocycles. The Bertz CT molecular complexity index is 849. The van der Waals surface area contributed by atoms with E-state index in [0.29, 0.717) is 11.5 Å². The lowest BCUT2D eigenvalue weighted by Gasteiger charge is -2.17. The molecule has 2 aromatic rings. The van der Waals surface area contributed by atoms with Crippen LogP contribution in [0.15, 0.2) is 46.2 Å². The van der Waals surface area contributed by atoms with Crippen LogP contribution in [0.1, 0.15) is 50.7 Å². The quantitative estimate of drug-likeness (QED) is 0.609. The second-order valence-corrected chi connectivity index (χ2v) is 9.31. The molecular formula is C22H30O6S. The molecular weight excluding hydrogens is 392 g/mol. The number of aliphatic hydroxyl groups is 2. The SMILES string of the molecule is CC(C)c1cc(S(=O)(=O)c2ccc(OCCO)c(C(C)C)c2)ccc1OCCO. The molecule has 2 N–H and O–H groups in total. The van der Waals surface area contributed by atoms with E-state index in [-0.39, 0.29) is 48.1 Å². The van der Waals surface area contributed by atoms with E-state index in [9.17, 15) is 8.42 Å². The molecule has 0 unspecified atom stereocenters. The van der Waals surface area contributed by atoms with Gasteiger partial charge in [0.05, 0.1) is 23.0 Å². The predicted molar refractivity (Wildman–Crippen MR) is 112 cm³/mol. The van der Waals surface area contributed by atoms with Crippen LogP contribution in [0.5, 0.6) is 11.5 Å². The minimum absolute atomic E-state index is 0.0549. The molecule has 0 saturated heterocycles. The van der Waals surface area contributed by atoms with Gasteiger partial charge in [0.15, 0.2) is 0 Å². The maximum absolute atomic E-state index is 13.3. The van der Waals surface area contributed by atoms with Gasteiger partial charge in [0, 0.05) is 0 Å². The number of hydrogen-bond donors (Lipinski definition) is 2. The van der Waals surface area contributed by atoms with Crippen LogP contribution in [-0.2, 0) is 9.84 Å². The van der Waals surface area contributed by atoms with Crippen LogP contribution in [0.3, 0.4) is 0 Å². The molecule has 160 valence electrons. The maximum atomic E-state index is 13.3. The van der Waals surface area contributed by atoms with Crippen LogP contribution >= 0.6 is 0 Å². The van der Waals surface area contributed by atoms with Gasteiger partial charge in [-0.15, -0.1) is 0 Å². The molecule has 0 atom stereocenters. The van der Waals surface area contributed by atoms with Crippen molar-refractivity contribution in [1.29, 1.82) is 0 Å². The first-order valence-corrected chi connectivity index (χ1v) is 11.2. The first kappa shape index (κ1) is 23.2. The molecule has 0 heterocycles. The summed E-state index contributed by atoms with van der Waals surface area (Å²) in [5.41, 5.74) is 1.54. The van der Waals surface area contributed by atoms with Crippen LogP contribution in [0.4, 0.5) is 0 Å². The Morgan fingerprint density at radius 2 is 1.14 bits per heavy atom. The minimum atomic E-state index is -3.74. The van der Waals surface area contributed by atoms with Gasteiger partial charge >= 0.3 is 0 Å². The third kappa shape index (κ3) is 5.50. The molecule has 0 aliphatic heterocycles. The Balaban J connectivity index is 2.49. The molecule has 2 aromatic carbocycles. The normalized spacial score (nSPS) is 11.9. The standard InChI is InChI=1S/C22H30O6S/c1-15(2)19-13-17(5-7-21(19)27-11-9-23)29(25,26)18-6-8-22(28-12-10-24)20(14-18)16(3)4/h5-8,13-16,23-24H,9-12H2,1-4H3. The molecule has 0 radical (unpaired) electrons. The zero-order valence-corrected chi connectivity index (χ0v) is 18.2. The fourth-order valence-electron chi connectivity index (χ4n) is 3.00. The van der Waals surface area contributed by atoms with Crippen molar-refractivity contribution in [3.05, 3.63) is 47.5 Å². The number of rotatable bonds is 10. The fourth-order valence-corrected chi connectivity index (χ4v) is 4.33. The summed E-state index contributed by atoms with van der Waals surface area (Å²) in [6, 6.07) is 9.61. The van der Waals surface area contributed by atoms with E-state index in [0.717, 1.165) is 11.1 Å². The molecule has 0 aliphatic carbocycles. The van der Waals surface area contributed by atoms with Gasteiger partial charge in [-0.2, -0.15) is 0 Å². The number of aliphatic hydroxyl groups excluding tert-OH is 2. The Kier molecular flexibility index (Phi) is 8.07.